The second kappa shape index (κ2) is 18.5. The van der Waals surface area contributed by atoms with Crippen molar-refractivity contribution in [3.63, 3.8) is 0 Å². The zero-order valence-corrected chi connectivity index (χ0v) is 35.3. The number of benzene rings is 2. The van der Waals surface area contributed by atoms with E-state index in [0.717, 1.165) is 12.5 Å². The number of Topliss-reactive ketones (excluding diaryl/α,β-unsaturated/α-hetero) is 1. The van der Waals surface area contributed by atoms with Crippen LogP contribution < -0.4 is 15.5 Å². The van der Waals surface area contributed by atoms with Crippen LogP contribution in [0, 0.1) is 30.6 Å². The molecule has 0 unspecified atom stereocenters. The average Bonchev–Trinajstić information content (AvgIpc) is 3.50. The van der Waals surface area contributed by atoms with Crippen molar-refractivity contribution >= 4 is 46.2 Å². The van der Waals surface area contributed by atoms with Crippen LogP contribution in [0.1, 0.15) is 80.3 Å². The lowest BCUT2D eigenvalue weighted by molar-refractivity contribution is -0.160. The third-order valence-corrected chi connectivity index (χ3v) is 11.3. The van der Waals surface area contributed by atoms with E-state index in [9.17, 15) is 44.7 Å². The Morgan fingerprint density at radius 1 is 0.951 bits per heavy atom. The van der Waals surface area contributed by atoms with Crippen molar-refractivity contribution < 1.29 is 63.7 Å². The highest BCUT2D eigenvalue weighted by Crippen LogP contribution is 2.55. The predicted octanol–water partition coefficient (Wildman–Crippen LogP) is 4.91. The number of pyridine rings is 1. The molecular weight excluding hydrogens is 792 g/mol. The van der Waals surface area contributed by atoms with Gasteiger partial charge in [-0.1, -0.05) is 45.9 Å². The third kappa shape index (κ3) is 9.08. The number of esters is 1. The summed E-state index contributed by atoms with van der Waals surface area (Å²) in [5, 5.41) is 63.9. The summed E-state index contributed by atoms with van der Waals surface area (Å²) in [6, 6.07) is 2.87. The number of rotatable bonds is 5. The number of phenolic OH excluding ortho intramolecular Hbond substituents is 3. The maximum atomic E-state index is 14.4. The van der Waals surface area contributed by atoms with Crippen LogP contribution in [-0.4, -0.2) is 97.6 Å². The molecule has 7 N–H and O–H groups in total. The molecule has 3 aromatic rings. The van der Waals surface area contributed by atoms with Crippen LogP contribution in [0.4, 0.5) is 5.69 Å². The van der Waals surface area contributed by atoms with Crippen LogP contribution >= 0.6 is 0 Å². The van der Waals surface area contributed by atoms with Crippen molar-refractivity contribution in [3.8, 4) is 23.0 Å². The van der Waals surface area contributed by atoms with Crippen molar-refractivity contribution in [3.05, 3.63) is 82.9 Å². The molecule has 2 aromatic carbocycles. The molecule has 4 heterocycles. The van der Waals surface area contributed by atoms with E-state index in [2.05, 4.69) is 20.8 Å². The minimum absolute atomic E-state index is 0.0115. The third-order valence-electron chi connectivity index (χ3n) is 11.3. The minimum Gasteiger partial charge on any atom is -0.507 e. The SMILES string of the molecule is CO[C@H]1/C=C/O[C@@]2(C)Oc3c(C)c(O)c4c(O)c(c(C=NNC(=O)c5ccncc5)c(O)c4c3C2=O)NC(=O)/C(C)=C\C=C\[C@H](C)[C@H](O)[C@@H](C)[C@@H](O)[C@H](C)[C@H](OC(C)=O)[C@H]1C. The molecule has 61 heavy (non-hydrogen) atoms. The first-order valence-corrected chi connectivity index (χ1v) is 19.6. The Balaban J connectivity index is 1.70. The summed E-state index contributed by atoms with van der Waals surface area (Å²) < 4.78 is 23.5. The number of allylic oxidation sites excluding steroid dienone is 2. The Morgan fingerprint density at radius 2 is 1.62 bits per heavy atom. The Labute approximate surface area is 352 Å². The zero-order valence-electron chi connectivity index (χ0n) is 35.3. The molecule has 0 saturated carbocycles. The summed E-state index contributed by atoms with van der Waals surface area (Å²) in [6.07, 6.45) is 6.93. The maximum absolute atomic E-state index is 14.4. The number of methoxy groups -OCH3 is 1. The number of ketones is 1. The fourth-order valence-corrected chi connectivity index (χ4v) is 7.60. The molecule has 9 atom stereocenters. The minimum atomic E-state index is -2.11. The van der Waals surface area contributed by atoms with E-state index in [1.54, 1.807) is 33.8 Å². The molecule has 1 aromatic heterocycles. The molecule has 6 rings (SSSR count). The average molecular weight is 845 g/mol. The van der Waals surface area contributed by atoms with Crippen LogP contribution in [0.2, 0.25) is 0 Å². The maximum Gasteiger partial charge on any atom is 0.312 e. The van der Waals surface area contributed by atoms with Gasteiger partial charge in [0.15, 0.2) is 5.75 Å². The van der Waals surface area contributed by atoms with Gasteiger partial charge in [-0.3, -0.25) is 24.2 Å². The summed E-state index contributed by atoms with van der Waals surface area (Å²) >= 11 is 0. The second-order valence-electron chi connectivity index (χ2n) is 15.6. The molecule has 0 spiro atoms. The van der Waals surface area contributed by atoms with E-state index in [-0.39, 0.29) is 39.0 Å². The molecule has 0 aliphatic carbocycles. The van der Waals surface area contributed by atoms with Gasteiger partial charge in [0.1, 0.15) is 23.4 Å². The van der Waals surface area contributed by atoms with E-state index in [1.165, 1.54) is 77.6 Å². The first-order valence-electron chi connectivity index (χ1n) is 19.6. The number of aliphatic hydroxyl groups is 2. The summed E-state index contributed by atoms with van der Waals surface area (Å²) in [5.41, 5.74) is 1.50. The first kappa shape index (κ1) is 45.8. The number of aliphatic hydroxyl groups excluding tert-OH is 2. The summed E-state index contributed by atoms with van der Waals surface area (Å²) in [5.74, 6) is -9.87. The standard InChI is InChI=1S/C44H52N4O13/c1-20-11-10-12-21(2)42(56)47-33-28(19-46-48-43(57)27-13-16-45-17-14-27)37(53)30-31(38(33)54)36(52)25(6)40-32(30)41(55)44(8,61-40)59-18-15-29(58-9)22(3)39(60-26(7)49)24(5)35(51)23(4)34(20)50/h10-20,22-24,29,34-35,39,50-54H,1-9H3,(H,47,56)(H,48,57)/b11-10+,18-15+,21-12-,46-19?/t20-,22-,23+,24-,29-,34-,35+,39+,44-/m0/s1. The van der Waals surface area contributed by atoms with Gasteiger partial charge in [-0.05, 0) is 32.1 Å². The normalized spacial score (nSPS) is 29.3. The number of anilines is 1. The van der Waals surface area contributed by atoms with Crippen molar-refractivity contribution in [1.82, 2.24) is 10.4 Å². The Morgan fingerprint density at radius 3 is 2.26 bits per heavy atom. The van der Waals surface area contributed by atoms with Gasteiger partial charge in [0.05, 0.1) is 53.0 Å². The van der Waals surface area contributed by atoms with E-state index >= 15 is 0 Å². The highest BCUT2D eigenvalue weighted by atomic mass is 16.7. The van der Waals surface area contributed by atoms with Crippen molar-refractivity contribution in [2.75, 3.05) is 12.4 Å². The van der Waals surface area contributed by atoms with Crippen molar-refractivity contribution in [1.29, 1.82) is 0 Å². The number of amides is 2. The Kier molecular flexibility index (Phi) is 13.9. The number of carbonyl (C=O) groups is 4. The smallest absolute Gasteiger partial charge is 0.312 e. The topological polar surface area (TPSA) is 256 Å². The molecule has 0 saturated heterocycles. The van der Waals surface area contributed by atoms with Crippen molar-refractivity contribution in [2.45, 2.75) is 85.6 Å². The van der Waals surface area contributed by atoms with Gasteiger partial charge >= 0.3 is 11.8 Å². The van der Waals surface area contributed by atoms with Crippen LogP contribution in [0.3, 0.4) is 0 Å². The molecule has 3 aliphatic heterocycles. The lowest BCUT2D eigenvalue weighted by Crippen LogP contribution is -2.46. The lowest BCUT2D eigenvalue weighted by atomic mass is 9.78. The number of ether oxygens (including phenoxy) is 4. The number of hydrogen-bond donors (Lipinski definition) is 7. The second-order valence-corrected chi connectivity index (χ2v) is 15.6. The molecule has 0 radical (unpaired) electrons. The van der Waals surface area contributed by atoms with Gasteiger partial charge in [-0.25, -0.2) is 5.43 Å². The van der Waals surface area contributed by atoms with E-state index in [0.29, 0.717) is 0 Å². The lowest BCUT2D eigenvalue weighted by Gasteiger charge is -2.38. The van der Waals surface area contributed by atoms with Crippen LogP contribution in [-0.2, 0) is 23.8 Å². The van der Waals surface area contributed by atoms with Gasteiger partial charge in [0.25, 0.3) is 17.6 Å². The molecule has 17 heteroatoms. The monoisotopic (exact) mass is 844 g/mol. The molecule has 3 aliphatic rings. The van der Waals surface area contributed by atoms with Gasteiger partial charge in [-0.2, -0.15) is 5.10 Å². The fourth-order valence-electron chi connectivity index (χ4n) is 7.60. The van der Waals surface area contributed by atoms with E-state index < -0.39 is 106 Å². The number of nitrogens with zero attached hydrogens (tertiary/aromatic N) is 2. The Bertz CT molecular complexity index is 2320. The number of hydrazone groups is 1. The predicted molar refractivity (Wildman–Crippen MR) is 223 cm³/mol. The zero-order chi connectivity index (χ0) is 45.1. The number of aromatic nitrogens is 1. The molecular formula is C44H52N4O13. The van der Waals surface area contributed by atoms with Gasteiger partial charge in [0.2, 0.25) is 0 Å². The first-order chi connectivity index (χ1) is 28.7. The van der Waals surface area contributed by atoms with Crippen molar-refractivity contribution in [2.24, 2.45) is 28.8 Å². The molecule has 0 fully saturated rings. The van der Waals surface area contributed by atoms with Crippen LogP contribution in [0.5, 0.6) is 23.0 Å². The highest BCUT2D eigenvalue weighted by molar-refractivity contribution is 6.24. The molecule has 5 bridgehead atoms. The number of aromatic hydroxyl groups is 3. The highest BCUT2D eigenvalue weighted by Gasteiger charge is 2.50. The van der Waals surface area contributed by atoms with E-state index in [4.69, 9.17) is 18.9 Å². The largest absolute Gasteiger partial charge is 0.507 e. The number of phenols is 3. The number of hydrogen-bond acceptors (Lipinski definition) is 15. The van der Waals surface area contributed by atoms with E-state index in [1.807, 2.05) is 0 Å². The number of carbonyl (C=O) groups excluding carboxylic acids is 4. The van der Waals surface area contributed by atoms with Gasteiger partial charge < -0.3 is 49.8 Å². The fraction of sp³-hybridized carbons (Fsp3) is 0.409. The Hall–Kier alpha value is -6.30. The van der Waals surface area contributed by atoms with Gasteiger partial charge in [0, 0.05) is 79.1 Å². The number of fused-ring (bicyclic) bond motifs is 14. The summed E-state index contributed by atoms with van der Waals surface area (Å²) in [7, 11) is 1.41. The molecule has 17 nitrogen and oxygen atoms in total. The van der Waals surface area contributed by atoms with Gasteiger partial charge in [-0.15, -0.1) is 0 Å². The molecule has 2 amide bonds. The quantitative estimate of drug-likeness (QED) is 0.0592. The summed E-state index contributed by atoms with van der Waals surface area (Å²) in [4.78, 5) is 57.1. The van der Waals surface area contributed by atoms with Crippen LogP contribution in [0.25, 0.3) is 10.8 Å². The van der Waals surface area contributed by atoms with Crippen LogP contribution in [0.15, 0.2) is 65.8 Å². The molecule has 326 valence electrons. The summed E-state index contributed by atoms with van der Waals surface area (Å²) in [6.45, 7) is 12.2. The number of nitrogens with one attached hydrogen (secondary N) is 2.